The molecule has 80 valence electrons. The van der Waals surface area contributed by atoms with E-state index in [0.29, 0.717) is 0 Å². The van der Waals surface area contributed by atoms with Crippen LogP contribution in [-0.2, 0) is 4.43 Å². The molecule has 0 amide bonds. The van der Waals surface area contributed by atoms with Gasteiger partial charge in [-0.2, -0.15) is 0 Å². The summed E-state index contributed by atoms with van der Waals surface area (Å²) in [4.78, 5) is 0. The first-order valence-electron chi connectivity index (χ1n) is 5.65. The van der Waals surface area contributed by atoms with Crippen LogP contribution >= 0.6 is 0 Å². The fraction of sp³-hybridized carbons (Fsp3) is 0.143. The van der Waals surface area contributed by atoms with Crippen molar-refractivity contribution < 1.29 is 4.43 Å². The maximum atomic E-state index is 6.16. The van der Waals surface area contributed by atoms with Gasteiger partial charge in [0.25, 0.3) is 0 Å². The van der Waals surface area contributed by atoms with Crippen LogP contribution in [0.3, 0.4) is 0 Å². The summed E-state index contributed by atoms with van der Waals surface area (Å²) in [5.41, 5.74) is 2.64. The molecule has 0 fully saturated rings. The van der Waals surface area contributed by atoms with Crippen molar-refractivity contribution in [3.8, 4) is 0 Å². The molecule has 0 bridgehead atoms. The lowest BCUT2D eigenvalue weighted by molar-refractivity contribution is 0.270. The van der Waals surface area contributed by atoms with E-state index in [-0.39, 0.29) is 6.10 Å². The van der Waals surface area contributed by atoms with Gasteiger partial charge in [0.1, 0.15) is 0 Å². The van der Waals surface area contributed by atoms with Crippen LogP contribution in [0.25, 0.3) is 0 Å². The van der Waals surface area contributed by atoms with Crippen molar-refractivity contribution in [3.63, 3.8) is 0 Å². The van der Waals surface area contributed by atoms with Gasteiger partial charge in [-0.05, 0) is 22.9 Å². The first kappa shape index (κ1) is 9.82. The number of fused-ring (bicyclic) bond motifs is 1. The Morgan fingerprint density at radius 3 is 2.44 bits per heavy atom. The quantitative estimate of drug-likeness (QED) is 0.678. The highest BCUT2D eigenvalue weighted by Gasteiger charge is 2.30. The van der Waals surface area contributed by atoms with Gasteiger partial charge in [-0.25, -0.2) is 0 Å². The van der Waals surface area contributed by atoms with E-state index in [1.54, 1.807) is 0 Å². The average Bonchev–Trinajstić information content (AvgIpc) is 2.69. The monoisotopic (exact) mass is 226 g/mol. The zero-order chi connectivity index (χ0) is 11.0. The fourth-order valence-electron chi connectivity index (χ4n) is 2.36. The molecule has 0 saturated heterocycles. The molecule has 0 spiro atoms. The Bertz CT molecular complexity index is 495. The molecule has 0 aromatic heterocycles. The summed E-state index contributed by atoms with van der Waals surface area (Å²) in [7, 11) is -1.17. The lowest BCUT2D eigenvalue weighted by Crippen LogP contribution is -2.23. The van der Waals surface area contributed by atoms with E-state index in [2.05, 4.69) is 55.1 Å². The third kappa shape index (κ3) is 1.51. The second kappa shape index (κ2) is 3.89. The van der Waals surface area contributed by atoms with Gasteiger partial charge in [0, 0.05) is 0 Å². The summed E-state index contributed by atoms with van der Waals surface area (Å²) in [5.74, 6) is 0. The SMILES string of the molecule is C[SiH]1OC(c2ccccc2)c2ccccc21. The first-order valence-corrected chi connectivity index (χ1v) is 7.86. The van der Waals surface area contributed by atoms with E-state index in [4.69, 9.17) is 4.43 Å². The second-order valence-corrected chi connectivity index (χ2v) is 6.38. The Kier molecular flexibility index (Phi) is 2.38. The van der Waals surface area contributed by atoms with E-state index in [1.807, 2.05) is 6.07 Å². The fourth-order valence-corrected chi connectivity index (χ4v) is 4.31. The van der Waals surface area contributed by atoms with Crippen molar-refractivity contribution >= 4 is 14.2 Å². The normalized spacial score (nSPS) is 23.1. The summed E-state index contributed by atoms with van der Waals surface area (Å²) < 4.78 is 6.16. The molecule has 2 atom stereocenters. The molecular formula is C14H14OSi. The molecule has 1 aliphatic heterocycles. The third-order valence-electron chi connectivity index (χ3n) is 3.16. The standard InChI is InChI=1S/C14H14OSi/c1-16-13-10-6-5-9-12(13)14(15-16)11-7-3-2-4-8-11/h2-10,14,16H,1H3. The maximum absolute atomic E-state index is 6.16. The topological polar surface area (TPSA) is 9.23 Å². The molecule has 16 heavy (non-hydrogen) atoms. The predicted molar refractivity (Wildman–Crippen MR) is 68.5 cm³/mol. The Hall–Kier alpha value is -1.38. The molecule has 0 saturated carbocycles. The van der Waals surface area contributed by atoms with Crippen molar-refractivity contribution in [3.05, 3.63) is 65.7 Å². The number of rotatable bonds is 1. The second-order valence-electron chi connectivity index (χ2n) is 4.20. The van der Waals surface area contributed by atoms with Gasteiger partial charge in [-0.15, -0.1) is 0 Å². The molecule has 0 radical (unpaired) electrons. The van der Waals surface area contributed by atoms with Crippen LogP contribution in [0.15, 0.2) is 54.6 Å². The number of benzene rings is 2. The Labute approximate surface area is 97.4 Å². The predicted octanol–water partition coefficient (Wildman–Crippen LogP) is 2.37. The highest BCUT2D eigenvalue weighted by Crippen LogP contribution is 2.30. The van der Waals surface area contributed by atoms with Crippen LogP contribution < -0.4 is 5.19 Å². The van der Waals surface area contributed by atoms with Gasteiger partial charge in [0.15, 0.2) is 0 Å². The minimum Gasteiger partial charge on any atom is -0.405 e. The molecule has 1 aliphatic rings. The van der Waals surface area contributed by atoms with Crippen molar-refractivity contribution in [2.45, 2.75) is 12.7 Å². The lowest BCUT2D eigenvalue weighted by atomic mass is 10.0. The van der Waals surface area contributed by atoms with E-state index in [1.165, 1.54) is 16.3 Å². The summed E-state index contributed by atoms with van der Waals surface area (Å²) in [6.45, 7) is 2.25. The van der Waals surface area contributed by atoms with Gasteiger partial charge in [-0.1, -0.05) is 54.6 Å². The van der Waals surface area contributed by atoms with E-state index < -0.39 is 9.04 Å². The van der Waals surface area contributed by atoms with Crippen LogP contribution in [-0.4, -0.2) is 9.04 Å². The molecule has 2 unspecified atom stereocenters. The largest absolute Gasteiger partial charge is 0.405 e. The van der Waals surface area contributed by atoms with Crippen molar-refractivity contribution in [1.29, 1.82) is 0 Å². The summed E-state index contributed by atoms with van der Waals surface area (Å²) in [6.07, 6.45) is 0.166. The molecule has 2 aromatic carbocycles. The van der Waals surface area contributed by atoms with Crippen LogP contribution in [0.2, 0.25) is 6.55 Å². The minimum absolute atomic E-state index is 0.166. The molecule has 0 aliphatic carbocycles. The van der Waals surface area contributed by atoms with Crippen molar-refractivity contribution in [2.75, 3.05) is 0 Å². The average molecular weight is 226 g/mol. The maximum Gasteiger partial charge on any atom is 0.206 e. The van der Waals surface area contributed by atoms with E-state index in [9.17, 15) is 0 Å². The van der Waals surface area contributed by atoms with Crippen LogP contribution in [0.5, 0.6) is 0 Å². The lowest BCUT2D eigenvalue weighted by Gasteiger charge is -2.12. The van der Waals surface area contributed by atoms with Crippen molar-refractivity contribution in [2.24, 2.45) is 0 Å². The summed E-state index contributed by atoms with van der Waals surface area (Å²) >= 11 is 0. The molecule has 2 heteroatoms. The first-order chi connectivity index (χ1) is 7.86. The summed E-state index contributed by atoms with van der Waals surface area (Å²) in [6, 6.07) is 19.1. The van der Waals surface area contributed by atoms with E-state index in [0.717, 1.165) is 0 Å². The van der Waals surface area contributed by atoms with Gasteiger partial charge in [0.2, 0.25) is 9.04 Å². The Morgan fingerprint density at radius 1 is 0.938 bits per heavy atom. The van der Waals surface area contributed by atoms with Crippen LogP contribution in [0.1, 0.15) is 17.2 Å². The van der Waals surface area contributed by atoms with Crippen LogP contribution in [0.4, 0.5) is 0 Å². The highest BCUT2D eigenvalue weighted by molar-refractivity contribution is 6.67. The zero-order valence-electron chi connectivity index (χ0n) is 9.26. The Balaban J connectivity index is 2.07. The zero-order valence-corrected chi connectivity index (χ0v) is 10.4. The molecule has 2 aromatic rings. The summed E-state index contributed by atoms with van der Waals surface area (Å²) in [5, 5.41) is 1.45. The smallest absolute Gasteiger partial charge is 0.206 e. The molecule has 1 heterocycles. The molecule has 3 rings (SSSR count). The van der Waals surface area contributed by atoms with Crippen LogP contribution in [0, 0.1) is 0 Å². The van der Waals surface area contributed by atoms with Gasteiger partial charge in [-0.3, -0.25) is 0 Å². The minimum atomic E-state index is -1.17. The van der Waals surface area contributed by atoms with Gasteiger partial charge in [0.05, 0.1) is 6.10 Å². The number of hydrogen-bond donors (Lipinski definition) is 0. The molecule has 0 N–H and O–H groups in total. The van der Waals surface area contributed by atoms with Gasteiger partial charge >= 0.3 is 0 Å². The molecular weight excluding hydrogens is 212 g/mol. The Morgan fingerprint density at radius 2 is 1.62 bits per heavy atom. The molecule has 1 nitrogen and oxygen atoms in total. The van der Waals surface area contributed by atoms with Gasteiger partial charge < -0.3 is 4.43 Å². The van der Waals surface area contributed by atoms with Crippen molar-refractivity contribution in [1.82, 2.24) is 0 Å². The highest BCUT2D eigenvalue weighted by atomic mass is 28.3. The number of hydrogen-bond acceptors (Lipinski definition) is 1. The van der Waals surface area contributed by atoms with E-state index >= 15 is 0 Å². The third-order valence-corrected chi connectivity index (χ3v) is 5.24.